The molecule has 0 aliphatic carbocycles. The second-order valence-electron chi connectivity index (χ2n) is 6.18. The minimum atomic E-state index is -1.19. The van der Waals surface area contributed by atoms with Crippen LogP contribution in [0, 0.1) is 10.1 Å². The number of hydrogen-bond donors (Lipinski definition) is 3. The lowest BCUT2D eigenvalue weighted by Gasteiger charge is -2.15. The Bertz CT molecular complexity index is 784. The van der Waals surface area contributed by atoms with Gasteiger partial charge in [0.15, 0.2) is 0 Å². The standard InChI is InChI=1S/C18H20N2O7/c21-10-14-16(22)17(23)18(27-14)13-2-1-3-15(19-13)26-9-8-11-4-6-12(7-5-11)20(24)25/h1-7,14,16-18,21-23H,8-10H2/t14-,16-,17-,18?/m1/s1. The number of nitrogens with zero attached hydrogens (tertiary/aromatic N) is 2. The van der Waals surface area contributed by atoms with E-state index in [1.165, 1.54) is 12.1 Å². The van der Waals surface area contributed by atoms with Gasteiger partial charge in [-0.1, -0.05) is 18.2 Å². The van der Waals surface area contributed by atoms with Gasteiger partial charge in [0.1, 0.15) is 24.4 Å². The summed E-state index contributed by atoms with van der Waals surface area (Å²) in [6, 6.07) is 11.2. The number of nitro benzene ring substituents is 1. The van der Waals surface area contributed by atoms with Crippen molar-refractivity contribution in [2.75, 3.05) is 13.2 Å². The van der Waals surface area contributed by atoms with Gasteiger partial charge in [-0.15, -0.1) is 0 Å². The molecule has 1 saturated heterocycles. The Hall–Kier alpha value is -2.59. The van der Waals surface area contributed by atoms with E-state index in [0.29, 0.717) is 24.6 Å². The van der Waals surface area contributed by atoms with Crippen LogP contribution >= 0.6 is 0 Å². The predicted molar refractivity (Wildman–Crippen MR) is 93.2 cm³/mol. The molecule has 2 heterocycles. The van der Waals surface area contributed by atoms with Crippen molar-refractivity contribution < 1.29 is 29.7 Å². The largest absolute Gasteiger partial charge is 0.477 e. The molecule has 4 atom stereocenters. The van der Waals surface area contributed by atoms with Crippen LogP contribution in [0.4, 0.5) is 5.69 Å². The molecular formula is C18H20N2O7. The Morgan fingerprint density at radius 1 is 1.15 bits per heavy atom. The van der Waals surface area contributed by atoms with E-state index in [0.717, 1.165) is 5.56 Å². The van der Waals surface area contributed by atoms with Gasteiger partial charge in [0.25, 0.3) is 5.69 Å². The smallest absolute Gasteiger partial charge is 0.269 e. The summed E-state index contributed by atoms with van der Waals surface area (Å²) < 4.78 is 11.1. The van der Waals surface area contributed by atoms with Crippen molar-refractivity contribution in [3.8, 4) is 5.88 Å². The Labute approximate surface area is 155 Å². The van der Waals surface area contributed by atoms with E-state index >= 15 is 0 Å². The zero-order valence-corrected chi connectivity index (χ0v) is 14.3. The molecular weight excluding hydrogens is 356 g/mol. The van der Waals surface area contributed by atoms with Gasteiger partial charge < -0.3 is 24.8 Å². The normalized spacial score (nSPS) is 24.7. The van der Waals surface area contributed by atoms with E-state index in [1.807, 2.05) is 0 Å². The van der Waals surface area contributed by atoms with Crippen molar-refractivity contribution in [1.82, 2.24) is 4.98 Å². The summed E-state index contributed by atoms with van der Waals surface area (Å²) in [5.41, 5.74) is 1.32. The summed E-state index contributed by atoms with van der Waals surface area (Å²) >= 11 is 0. The van der Waals surface area contributed by atoms with E-state index in [-0.39, 0.29) is 5.69 Å². The molecule has 1 aromatic carbocycles. The van der Waals surface area contributed by atoms with Crippen LogP contribution in [-0.2, 0) is 11.2 Å². The quantitative estimate of drug-likeness (QED) is 0.476. The molecule has 3 N–H and O–H groups in total. The molecule has 1 aliphatic heterocycles. The number of hydrogen-bond acceptors (Lipinski definition) is 8. The molecule has 1 unspecified atom stereocenters. The summed E-state index contributed by atoms with van der Waals surface area (Å²) in [6.07, 6.45) is -3.55. The minimum Gasteiger partial charge on any atom is -0.477 e. The van der Waals surface area contributed by atoms with Gasteiger partial charge >= 0.3 is 0 Å². The molecule has 144 valence electrons. The first-order valence-electron chi connectivity index (χ1n) is 8.45. The maximum absolute atomic E-state index is 10.7. The highest BCUT2D eigenvalue weighted by molar-refractivity contribution is 5.33. The molecule has 2 aromatic rings. The summed E-state index contributed by atoms with van der Waals surface area (Å²) in [4.78, 5) is 14.5. The second kappa shape index (κ2) is 8.40. The number of nitro groups is 1. The second-order valence-corrected chi connectivity index (χ2v) is 6.18. The minimum absolute atomic E-state index is 0.0347. The Balaban J connectivity index is 1.59. The number of pyridine rings is 1. The van der Waals surface area contributed by atoms with Crippen molar-refractivity contribution in [3.63, 3.8) is 0 Å². The molecule has 0 amide bonds. The number of aliphatic hydroxyl groups excluding tert-OH is 3. The topological polar surface area (TPSA) is 135 Å². The number of non-ortho nitro benzene ring substituents is 1. The van der Waals surface area contributed by atoms with Crippen molar-refractivity contribution in [2.45, 2.75) is 30.8 Å². The average Bonchev–Trinajstić information content (AvgIpc) is 2.97. The third-order valence-corrected chi connectivity index (χ3v) is 4.37. The van der Waals surface area contributed by atoms with Crippen molar-refractivity contribution in [2.24, 2.45) is 0 Å². The Morgan fingerprint density at radius 3 is 2.52 bits per heavy atom. The van der Waals surface area contributed by atoms with E-state index < -0.39 is 35.9 Å². The van der Waals surface area contributed by atoms with Crippen LogP contribution in [0.5, 0.6) is 5.88 Å². The van der Waals surface area contributed by atoms with Gasteiger partial charge in [0, 0.05) is 24.6 Å². The van der Waals surface area contributed by atoms with E-state index in [1.54, 1.807) is 30.3 Å². The number of benzene rings is 1. The number of aromatic nitrogens is 1. The fourth-order valence-corrected chi connectivity index (χ4v) is 2.87. The van der Waals surface area contributed by atoms with Crippen molar-refractivity contribution in [3.05, 3.63) is 63.8 Å². The zero-order chi connectivity index (χ0) is 19.4. The van der Waals surface area contributed by atoms with Gasteiger partial charge in [-0.2, -0.15) is 0 Å². The van der Waals surface area contributed by atoms with Crippen LogP contribution in [0.25, 0.3) is 0 Å². The number of ether oxygens (including phenoxy) is 2. The zero-order valence-electron chi connectivity index (χ0n) is 14.3. The maximum Gasteiger partial charge on any atom is 0.269 e. The summed E-state index contributed by atoms with van der Waals surface area (Å²) in [7, 11) is 0. The van der Waals surface area contributed by atoms with Crippen LogP contribution in [0.15, 0.2) is 42.5 Å². The van der Waals surface area contributed by atoms with E-state index in [9.17, 15) is 20.3 Å². The third kappa shape index (κ3) is 4.40. The molecule has 9 heteroatoms. The Kier molecular flexibility index (Phi) is 5.97. The summed E-state index contributed by atoms with van der Waals surface area (Å²) in [5.74, 6) is 0.326. The lowest BCUT2D eigenvalue weighted by atomic mass is 10.1. The van der Waals surface area contributed by atoms with Crippen LogP contribution < -0.4 is 4.74 Å². The fourth-order valence-electron chi connectivity index (χ4n) is 2.87. The Morgan fingerprint density at radius 2 is 1.89 bits per heavy atom. The van der Waals surface area contributed by atoms with Gasteiger partial charge in [-0.25, -0.2) is 4.98 Å². The molecule has 1 aromatic heterocycles. The maximum atomic E-state index is 10.7. The van der Waals surface area contributed by atoms with Crippen molar-refractivity contribution >= 4 is 5.69 Å². The van der Waals surface area contributed by atoms with Crippen LogP contribution in [0.3, 0.4) is 0 Å². The lowest BCUT2D eigenvalue weighted by molar-refractivity contribution is -0.384. The summed E-state index contributed by atoms with van der Waals surface area (Å²) in [5, 5.41) is 39.7. The molecule has 27 heavy (non-hydrogen) atoms. The fraction of sp³-hybridized carbons (Fsp3) is 0.389. The van der Waals surface area contributed by atoms with E-state index in [4.69, 9.17) is 14.6 Å². The lowest BCUT2D eigenvalue weighted by Crippen LogP contribution is -2.32. The van der Waals surface area contributed by atoms with Crippen LogP contribution in [0.2, 0.25) is 0 Å². The van der Waals surface area contributed by atoms with Gasteiger partial charge in [-0.3, -0.25) is 10.1 Å². The van der Waals surface area contributed by atoms with Gasteiger partial charge in [0.05, 0.1) is 23.8 Å². The van der Waals surface area contributed by atoms with E-state index in [2.05, 4.69) is 4.98 Å². The molecule has 0 bridgehead atoms. The highest BCUT2D eigenvalue weighted by Gasteiger charge is 2.43. The molecule has 0 saturated carbocycles. The van der Waals surface area contributed by atoms with Gasteiger partial charge in [0.2, 0.25) is 5.88 Å². The first kappa shape index (κ1) is 19.2. The van der Waals surface area contributed by atoms with Gasteiger partial charge in [-0.05, 0) is 11.6 Å². The van der Waals surface area contributed by atoms with Crippen LogP contribution in [-0.4, -0.2) is 56.8 Å². The summed E-state index contributed by atoms with van der Waals surface area (Å²) in [6.45, 7) is -0.0929. The predicted octanol–water partition coefficient (Wildman–Crippen LogP) is 0.765. The molecule has 9 nitrogen and oxygen atoms in total. The molecule has 3 rings (SSSR count). The first-order valence-corrected chi connectivity index (χ1v) is 8.45. The highest BCUT2D eigenvalue weighted by Crippen LogP contribution is 2.33. The monoisotopic (exact) mass is 376 g/mol. The average molecular weight is 376 g/mol. The highest BCUT2D eigenvalue weighted by atomic mass is 16.6. The SMILES string of the molecule is O=[N+]([O-])c1ccc(CCOc2cccc(C3O[C@H](CO)[C@@H](O)[C@H]3O)n2)cc1. The molecule has 1 aliphatic rings. The number of rotatable bonds is 7. The molecule has 0 radical (unpaired) electrons. The first-order chi connectivity index (χ1) is 13.0. The third-order valence-electron chi connectivity index (χ3n) is 4.37. The molecule has 1 fully saturated rings. The number of aliphatic hydroxyl groups is 3. The molecule has 0 spiro atoms. The van der Waals surface area contributed by atoms with Crippen LogP contribution in [0.1, 0.15) is 17.4 Å². The van der Waals surface area contributed by atoms with Crippen molar-refractivity contribution in [1.29, 1.82) is 0 Å².